The van der Waals surface area contributed by atoms with Gasteiger partial charge in [-0.05, 0) is 67.6 Å². The maximum atomic E-state index is 11.8. The highest BCUT2D eigenvalue weighted by Crippen LogP contribution is 2.27. The SMILES string of the molecule is COC(=O)c1cccc(-n2ncc3ccc(-c4cccc(/C(C)=N/O)n4)cc32)n1.COC(=O)c1cccc(-n2ncc3ccc(-c4cccc(C(C)=O)n4)cc32)n1.Cl.NO. The van der Waals surface area contributed by atoms with Crippen molar-refractivity contribution in [3.63, 3.8) is 0 Å². The lowest BCUT2D eigenvalue weighted by molar-refractivity contribution is 0.0585. The number of Topliss-reactive ketones (excluding diaryl/α,β-unsaturated/α-hetero) is 1. The molecule has 6 heterocycles. The molecule has 0 unspecified atom stereocenters. The van der Waals surface area contributed by atoms with E-state index in [0.717, 1.165) is 38.6 Å². The Bertz CT molecular complexity index is 2860. The summed E-state index contributed by atoms with van der Waals surface area (Å²) in [5.41, 5.74) is 6.62. The first-order chi connectivity index (χ1) is 28.7. The number of fused-ring (bicyclic) bond motifs is 2. The number of nitrogens with zero attached hydrogens (tertiary/aromatic N) is 9. The second-order valence-corrected chi connectivity index (χ2v) is 12.5. The van der Waals surface area contributed by atoms with Gasteiger partial charge >= 0.3 is 11.9 Å². The quantitative estimate of drug-likeness (QED) is 0.0476. The summed E-state index contributed by atoms with van der Waals surface area (Å²) in [4.78, 5) is 52.9. The van der Waals surface area contributed by atoms with Crippen molar-refractivity contribution in [3.8, 4) is 34.2 Å². The van der Waals surface area contributed by atoms with E-state index in [0.29, 0.717) is 34.4 Å². The van der Waals surface area contributed by atoms with Gasteiger partial charge in [-0.3, -0.25) is 4.79 Å². The highest BCUT2D eigenvalue weighted by molar-refractivity contribution is 5.97. The number of methoxy groups -OCH3 is 2. The summed E-state index contributed by atoms with van der Waals surface area (Å²) in [6, 6.07) is 32.7. The van der Waals surface area contributed by atoms with E-state index < -0.39 is 11.9 Å². The van der Waals surface area contributed by atoms with Crippen molar-refractivity contribution in [1.29, 1.82) is 0 Å². The van der Waals surface area contributed by atoms with Gasteiger partial charge in [0, 0.05) is 28.8 Å². The van der Waals surface area contributed by atoms with Crippen LogP contribution in [0.3, 0.4) is 0 Å². The van der Waals surface area contributed by atoms with E-state index in [-0.39, 0.29) is 29.6 Å². The average molecular weight is 829 g/mol. The van der Waals surface area contributed by atoms with Crippen molar-refractivity contribution >= 4 is 57.6 Å². The van der Waals surface area contributed by atoms with E-state index in [4.69, 9.17) is 19.9 Å². The Morgan fingerprint density at radius 1 is 0.583 bits per heavy atom. The number of halogens is 1. The Morgan fingerprint density at radius 2 is 1.00 bits per heavy atom. The fourth-order valence-corrected chi connectivity index (χ4v) is 5.88. The van der Waals surface area contributed by atoms with Crippen LogP contribution in [0.1, 0.15) is 51.0 Å². The predicted molar refractivity (Wildman–Crippen MR) is 224 cm³/mol. The summed E-state index contributed by atoms with van der Waals surface area (Å²) in [5.74, 6) is 3.40. The molecule has 6 aromatic heterocycles. The number of ether oxygens (including phenoxy) is 2. The molecule has 304 valence electrons. The molecular weight excluding hydrogens is 792 g/mol. The first-order valence-corrected chi connectivity index (χ1v) is 17.6. The van der Waals surface area contributed by atoms with Crippen LogP contribution in [0, 0.1) is 0 Å². The monoisotopic (exact) mass is 828 g/mol. The fourth-order valence-electron chi connectivity index (χ4n) is 5.88. The van der Waals surface area contributed by atoms with Crippen LogP contribution >= 0.6 is 12.4 Å². The lowest BCUT2D eigenvalue weighted by atomic mass is 10.1. The summed E-state index contributed by atoms with van der Waals surface area (Å²) in [6.45, 7) is 3.18. The number of benzene rings is 2. The Labute approximate surface area is 348 Å². The minimum Gasteiger partial charge on any atom is -0.464 e. The van der Waals surface area contributed by atoms with Gasteiger partial charge in [0.2, 0.25) is 0 Å². The van der Waals surface area contributed by atoms with Crippen molar-refractivity contribution in [1.82, 2.24) is 39.5 Å². The molecule has 2 aromatic carbocycles. The van der Waals surface area contributed by atoms with Gasteiger partial charge in [-0.1, -0.05) is 53.7 Å². The molecule has 8 aromatic rings. The molecule has 4 N–H and O–H groups in total. The molecule has 0 radical (unpaired) electrons. The third-order valence-electron chi connectivity index (χ3n) is 8.80. The number of carbonyl (C=O) groups excluding carboxylic acids is 3. The minimum absolute atomic E-state index is 0. The molecule has 0 bridgehead atoms. The van der Waals surface area contributed by atoms with Gasteiger partial charge in [0.15, 0.2) is 28.8 Å². The first-order valence-electron chi connectivity index (χ1n) is 17.6. The number of ketones is 1. The third-order valence-corrected chi connectivity index (χ3v) is 8.80. The number of oxime groups is 1. The Hall–Kier alpha value is -7.73. The smallest absolute Gasteiger partial charge is 0.356 e. The number of nitrogens with two attached hydrogens (primary N) is 1. The molecule has 60 heavy (non-hydrogen) atoms. The third kappa shape index (κ3) is 9.35. The Kier molecular flexibility index (Phi) is 14.2. The van der Waals surface area contributed by atoms with Crippen molar-refractivity contribution in [2.45, 2.75) is 13.8 Å². The maximum Gasteiger partial charge on any atom is 0.356 e. The fraction of sp³-hybridized carbons (Fsp3) is 0.0952. The lowest BCUT2D eigenvalue weighted by Gasteiger charge is -2.07. The molecule has 0 aliphatic rings. The molecule has 0 aliphatic carbocycles. The van der Waals surface area contributed by atoms with Crippen LogP contribution in [0.2, 0.25) is 0 Å². The summed E-state index contributed by atoms with van der Waals surface area (Å²) < 4.78 is 12.8. The van der Waals surface area contributed by atoms with Crippen LogP contribution in [-0.4, -0.2) is 87.6 Å². The van der Waals surface area contributed by atoms with Gasteiger partial charge in [-0.15, -0.1) is 12.4 Å². The summed E-state index contributed by atoms with van der Waals surface area (Å²) in [7, 11) is 2.63. The van der Waals surface area contributed by atoms with Crippen LogP contribution in [0.15, 0.2) is 127 Å². The van der Waals surface area contributed by atoms with Gasteiger partial charge < -0.3 is 19.9 Å². The lowest BCUT2D eigenvalue weighted by Crippen LogP contribution is -2.07. The predicted octanol–water partition coefficient (Wildman–Crippen LogP) is 6.70. The second kappa shape index (κ2) is 19.6. The van der Waals surface area contributed by atoms with E-state index in [2.05, 4.69) is 41.2 Å². The molecule has 0 spiro atoms. The first kappa shape index (κ1) is 43.4. The number of esters is 2. The van der Waals surface area contributed by atoms with Crippen LogP contribution in [0.5, 0.6) is 0 Å². The summed E-state index contributed by atoms with van der Waals surface area (Å²) in [5, 5.41) is 29.4. The molecule has 0 fully saturated rings. The standard InChI is InChI=1S/C21H17N5O3.C21H16N4O3.ClH.H3NO/c1-13(25-28)16-5-3-6-17(23-16)14-9-10-15-12-22-26(19(15)11-14)20-8-4-7-18(24-20)21(27)29-2;1-13(26)16-5-3-6-17(23-16)14-9-10-15-12-22-25(19(15)11-14)20-8-4-7-18(24-20)21(27)28-2;;1-2/h3-12,28H,1-2H3;3-12H,1-2H3;1H;2H,1H2/b25-13+;;;. The van der Waals surface area contributed by atoms with Crippen LogP contribution < -0.4 is 5.90 Å². The molecular formula is C42H37ClN10O7. The van der Waals surface area contributed by atoms with E-state index in [1.54, 1.807) is 77.2 Å². The molecule has 18 heteroatoms. The number of rotatable bonds is 8. The largest absolute Gasteiger partial charge is 0.464 e. The number of aromatic nitrogens is 8. The number of pyridine rings is 4. The highest BCUT2D eigenvalue weighted by atomic mass is 35.5. The van der Waals surface area contributed by atoms with Gasteiger partial charge in [0.25, 0.3) is 0 Å². The van der Waals surface area contributed by atoms with Crippen LogP contribution in [0.4, 0.5) is 0 Å². The zero-order valence-electron chi connectivity index (χ0n) is 32.5. The topological polar surface area (TPSA) is 236 Å². The molecule has 8 rings (SSSR count). The molecule has 0 aliphatic heterocycles. The molecule has 0 amide bonds. The normalized spacial score (nSPS) is 10.7. The van der Waals surface area contributed by atoms with E-state index in [1.807, 2.05) is 60.7 Å². The average Bonchev–Trinajstić information content (AvgIpc) is 3.93. The summed E-state index contributed by atoms with van der Waals surface area (Å²) in [6.07, 6.45) is 3.46. The molecule has 0 saturated heterocycles. The number of hydrogen-bond acceptors (Lipinski definition) is 15. The number of carbonyl (C=O) groups is 3. The molecule has 17 nitrogen and oxygen atoms in total. The van der Waals surface area contributed by atoms with Crippen molar-refractivity contribution < 1.29 is 34.3 Å². The van der Waals surface area contributed by atoms with Crippen LogP contribution in [0.25, 0.3) is 56.0 Å². The summed E-state index contributed by atoms with van der Waals surface area (Å²) >= 11 is 0. The minimum atomic E-state index is -0.510. The van der Waals surface area contributed by atoms with E-state index in [9.17, 15) is 14.4 Å². The van der Waals surface area contributed by atoms with E-state index >= 15 is 0 Å². The molecule has 0 saturated carbocycles. The van der Waals surface area contributed by atoms with Gasteiger partial charge in [-0.2, -0.15) is 10.2 Å². The Balaban J connectivity index is 0.000000215. The van der Waals surface area contributed by atoms with Gasteiger partial charge in [0.1, 0.15) is 11.4 Å². The van der Waals surface area contributed by atoms with Crippen LogP contribution in [-0.2, 0) is 9.47 Å². The van der Waals surface area contributed by atoms with Crippen molar-refractivity contribution in [2.75, 3.05) is 14.2 Å². The van der Waals surface area contributed by atoms with Gasteiger partial charge in [-0.25, -0.2) is 44.8 Å². The zero-order valence-corrected chi connectivity index (χ0v) is 33.3. The van der Waals surface area contributed by atoms with Gasteiger partial charge in [0.05, 0.1) is 54.7 Å². The Morgan fingerprint density at radius 3 is 1.43 bits per heavy atom. The van der Waals surface area contributed by atoms with Crippen molar-refractivity contribution in [2.24, 2.45) is 11.1 Å². The van der Waals surface area contributed by atoms with E-state index in [1.165, 1.54) is 21.1 Å². The number of hydrogen-bond donors (Lipinski definition) is 3. The second-order valence-electron chi connectivity index (χ2n) is 12.5. The maximum absolute atomic E-state index is 11.8. The molecule has 0 atom stereocenters. The highest BCUT2D eigenvalue weighted by Gasteiger charge is 2.15. The zero-order chi connectivity index (χ0) is 42.1. The van der Waals surface area contributed by atoms with Crippen molar-refractivity contribution in [3.05, 3.63) is 144 Å².